The third-order valence-electron chi connectivity index (χ3n) is 5.93. The van der Waals surface area contributed by atoms with Crippen LogP contribution in [0.25, 0.3) is 0 Å². The molecule has 0 heterocycles. The van der Waals surface area contributed by atoms with Crippen LogP contribution in [0.15, 0.2) is 48.5 Å². The Balaban J connectivity index is 1.84. The summed E-state index contributed by atoms with van der Waals surface area (Å²) in [6, 6.07) is 12.2. The van der Waals surface area contributed by atoms with Gasteiger partial charge in [0.05, 0.1) is 11.3 Å². The van der Waals surface area contributed by atoms with Gasteiger partial charge in [-0.3, -0.25) is 9.69 Å². The molecule has 0 aromatic heterocycles. The maximum atomic E-state index is 13.2. The van der Waals surface area contributed by atoms with Crippen LogP contribution in [0.5, 0.6) is 5.75 Å². The molecule has 5 N–H and O–H groups in total. The van der Waals surface area contributed by atoms with Crippen LogP contribution in [0, 0.1) is 0 Å². The number of para-hydroxylation sites is 1. The Labute approximate surface area is 204 Å². The zero-order valence-electron chi connectivity index (χ0n) is 19.9. The van der Waals surface area contributed by atoms with E-state index in [0.717, 1.165) is 31.2 Å². The molecule has 0 aliphatic heterocycles. The molecule has 9 heteroatoms. The largest absolute Gasteiger partial charge is 0.505 e. The van der Waals surface area contributed by atoms with Crippen LogP contribution in [0.2, 0.25) is 0 Å². The predicted molar refractivity (Wildman–Crippen MR) is 130 cm³/mol. The number of phenolic OH excluding ortho intramolecular Hbond substituents is 1. The van der Waals surface area contributed by atoms with Crippen molar-refractivity contribution in [1.29, 1.82) is 0 Å². The van der Waals surface area contributed by atoms with E-state index in [4.69, 9.17) is 10.5 Å². The van der Waals surface area contributed by atoms with Crippen molar-refractivity contribution in [2.24, 2.45) is 0 Å². The van der Waals surface area contributed by atoms with Gasteiger partial charge in [0.25, 0.3) is 0 Å². The van der Waals surface area contributed by atoms with Crippen LogP contribution < -0.4 is 11.1 Å². The molecule has 35 heavy (non-hydrogen) atoms. The third-order valence-corrected chi connectivity index (χ3v) is 5.93. The van der Waals surface area contributed by atoms with Gasteiger partial charge < -0.3 is 26.0 Å². The van der Waals surface area contributed by atoms with E-state index in [2.05, 4.69) is 5.32 Å². The molecule has 188 valence electrons. The number of amides is 2. The molecule has 0 spiro atoms. The Morgan fingerprint density at radius 1 is 1.11 bits per heavy atom. The second-order valence-electron chi connectivity index (χ2n) is 8.76. The van der Waals surface area contributed by atoms with Crippen LogP contribution in [0.3, 0.4) is 0 Å². The number of nitrogen functional groups attached to an aromatic ring is 1. The number of nitrogens with two attached hydrogens (primary N) is 1. The van der Waals surface area contributed by atoms with Crippen LogP contribution in [0.4, 0.5) is 10.5 Å². The molecule has 0 saturated heterocycles. The summed E-state index contributed by atoms with van der Waals surface area (Å²) in [6.07, 6.45) is 2.11. The van der Waals surface area contributed by atoms with Gasteiger partial charge in [0.2, 0.25) is 12.1 Å². The molecule has 0 bridgehead atoms. The van der Waals surface area contributed by atoms with Gasteiger partial charge in [-0.15, -0.1) is 0 Å². The lowest BCUT2D eigenvalue weighted by atomic mass is 10.1. The monoisotopic (exact) mass is 483 g/mol. The Morgan fingerprint density at radius 2 is 1.83 bits per heavy atom. The number of aliphatic carboxylic acids is 1. The average molecular weight is 484 g/mol. The zero-order valence-corrected chi connectivity index (χ0v) is 19.9. The molecule has 2 aromatic rings. The number of rotatable bonds is 12. The summed E-state index contributed by atoms with van der Waals surface area (Å²) >= 11 is 0. The second-order valence-corrected chi connectivity index (χ2v) is 8.76. The minimum absolute atomic E-state index is 0.0573. The first-order valence-corrected chi connectivity index (χ1v) is 11.9. The van der Waals surface area contributed by atoms with Crippen molar-refractivity contribution in [2.75, 3.05) is 5.73 Å². The summed E-state index contributed by atoms with van der Waals surface area (Å²) in [4.78, 5) is 39.4. The van der Waals surface area contributed by atoms with Gasteiger partial charge in [0.1, 0.15) is 11.8 Å². The van der Waals surface area contributed by atoms with Crippen LogP contribution in [0.1, 0.15) is 62.8 Å². The van der Waals surface area contributed by atoms with E-state index in [1.165, 1.54) is 17.0 Å². The summed E-state index contributed by atoms with van der Waals surface area (Å²) in [5.41, 5.74) is 6.86. The highest BCUT2D eigenvalue weighted by Crippen LogP contribution is 2.40. The highest BCUT2D eigenvalue weighted by Gasteiger charge is 2.41. The Kier molecular flexibility index (Phi) is 8.94. The molecule has 2 aromatic carbocycles. The number of hydrogen-bond donors (Lipinski definition) is 4. The molecule has 1 aliphatic rings. The Hall–Kier alpha value is -3.75. The number of carboxylic acid groups (broad SMARTS) is 1. The van der Waals surface area contributed by atoms with Gasteiger partial charge in [-0.05, 0) is 37.0 Å². The van der Waals surface area contributed by atoms with E-state index in [9.17, 15) is 24.6 Å². The van der Waals surface area contributed by atoms with Crippen molar-refractivity contribution in [3.05, 3.63) is 59.7 Å². The highest BCUT2D eigenvalue weighted by atomic mass is 16.6. The first-order chi connectivity index (χ1) is 16.8. The molecule has 3 rings (SSSR count). The number of benzene rings is 2. The van der Waals surface area contributed by atoms with Crippen molar-refractivity contribution in [3.63, 3.8) is 0 Å². The number of carbonyl (C=O) groups is 3. The molecular weight excluding hydrogens is 450 g/mol. The smallest absolute Gasteiger partial charge is 0.410 e. The molecule has 2 atom stereocenters. The van der Waals surface area contributed by atoms with E-state index in [0.29, 0.717) is 6.42 Å². The predicted octanol–water partition coefficient (Wildman–Crippen LogP) is 3.97. The number of carbonyl (C=O) groups excluding carboxylic acids is 2. The molecular formula is C26H33N3O6. The molecule has 1 saturated carbocycles. The van der Waals surface area contributed by atoms with Crippen LogP contribution in [-0.2, 0) is 20.7 Å². The zero-order chi connectivity index (χ0) is 25.4. The van der Waals surface area contributed by atoms with Crippen molar-refractivity contribution < 1.29 is 29.3 Å². The van der Waals surface area contributed by atoms with Gasteiger partial charge in [-0.2, -0.15) is 0 Å². The summed E-state index contributed by atoms with van der Waals surface area (Å²) in [5, 5.41) is 22.7. The fourth-order valence-electron chi connectivity index (χ4n) is 3.91. The molecule has 2 amide bonds. The van der Waals surface area contributed by atoms with Crippen molar-refractivity contribution in [2.45, 2.75) is 70.2 Å². The number of alkyl carbamates (subject to hydrolysis) is 1. The minimum Gasteiger partial charge on any atom is -0.505 e. The van der Waals surface area contributed by atoms with Crippen molar-refractivity contribution in [1.82, 2.24) is 10.2 Å². The first-order valence-electron chi connectivity index (χ1n) is 11.9. The fraction of sp³-hybridized carbons (Fsp3) is 0.423. The fourth-order valence-corrected chi connectivity index (χ4v) is 3.91. The summed E-state index contributed by atoms with van der Waals surface area (Å²) < 4.78 is 5.66. The lowest BCUT2D eigenvalue weighted by Crippen LogP contribution is -2.45. The third kappa shape index (κ3) is 7.11. The van der Waals surface area contributed by atoms with Crippen LogP contribution >= 0.6 is 0 Å². The minimum atomic E-state index is -1.24. The standard InChI is InChI=1S/C26H33N3O6/c1-2-3-5-13-22(30)29(18-14-15-18)24(19-11-8-12-20(27)23(19)31)35-26(34)28-21(25(32)33)16-17-9-6-4-7-10-17/h4,6-12,18,21,24,31H,2-3,5,13-16,27H2,1H3,(H,28,34)(H,32,33)/t21-,24?/m0/s1. The number of nitrogens with one attached hydrogen (secondary N) is 1. The highest BCUT2D eigenvalue weighted by molar-refractivity contribution is 5.81. The summed E-state index contributed by atoms with van der Waals surface area (Å²) in [7, 11) is 0. The van der Waals surface area contributed by atoms with E-state index < -0.39 is 24.3 Å². The number of nitrogens with zero attached hydrogens (tertiary/aromatic N) is 1. The van der Waals surface area contributed by atoms with Crippen LogP contribution in [-0.4, -0.2) is 45.2 Å². The number of anilines is 1. The number of phenols is 1. The van der Waals surface area contributed by atoms with Crippen molar-refractivity contribution in [3.8, 4) is 5.75 Å². The lowest BCUT2D eigenvalue weighted by molar-refractivity contribution is -0.144. The quantitative estimate of drug-likeness (QED) is 0.155. The molecule has 0 radical (unpaired) electrons. The molecule has 1 unspecified atom stereocenters. The summed E-state index contributed by atoms with van der Waals surface area (Å²) in [6.45, 7) is 2.04. The first kappa shape index (κ1) is 25.9. The van der Waals surface area contributed by atoms with E-state index >= 15 is 0 Å². The maximum Gasteiger partial charge on any atom is 0.410 e. The van der Waals surface area contributed by atoms with Crippen molar-refractivity contribution >= 4 is 23.7 Å². The van der Waals surface area contributed by atoms with E-state index in [1.807, 2.05) is 13.0 Å². The molecule has 9 nitrogen and oxygen atoms in total. The second kappa shape index (κ2) is 12.1. The average Bonchev–Trinajstić information content (AvgIpc) is 3.66. The number of hydrogen-bond acceptors (Lipinski definition) is 6. The maximum absolute atomic E-state index is 13.2. The number of carboxylic acids is 1. The number of unbranched alkanes of at least 4 members (excludes halogenated alkanes) is 2. The van der Waals surface area contributed by atoms with E-state index in [1.54, 1.807) is 30.3 Å². The number of aromatic hydroxyl groups is 1. The van der Waals surface area contributed by atoms with E-state index in [-0.39, 0.29) is 41.8 Å². The Bertz CT molecular complexity index is 1030. The molecule has 1 aliphatic carbocycles. The summed E-state index contributed by atoms with van der Waals surface area (Å²) in [5.74, 6) is -1.69. The van der Waals surface area contributed by atoms with Gasteiger partial charge >= 0.3 is 12.1 Å². The SMILES string of the molecule is CCCCCC(=O)N(C1CC1)C(OC(=O)N[C@@H](Cc1ccccc1)C(=O)O)c1cccc(N)c1O. The Morgan fingerprint density at radius 3 is 2.46 bits per heavy atom. The lowest BCUT2D eigenvalue weighted by Gasteiger charge is -2.32. The number of ether oxygens (including phenoxy) is 1. The normalized spacial score (nSPS) is 14.5. The van der Waals surface area contributed by atoms with Gasteiger partial charge in [0.15, 0.2) is 0 Å². The molecule has 1 fully saturated rings. The topological polar surface area (TPSA) is 142 Å². The van der Waals surface area contributed by atoms with Gasteiger partial charge in [-0.1, -0.05) is 56.2 Å². The van der Waals surface area contributed by atoms with Gasteiger partial charge in [-0.25, -0.2) is 9.59 Å². The van der Waals surface area contributed by atoms with Gasteiger partial charge in [0, 0.05) is 18.9 Å².